The average molecular weight is 172 g/mol. The van der Waals surface area contributed by atoms with Crippen molar-refractivity contribution >= 4 is 12.0 Å². The monoisotopic (exact) mass is 172 g/mol. The van der Waals surface area contributed by atoms with Gasteiger partial charge in [0.25, 0.3) is 0 Å². The molecule has 3 nitrogen and oxygen atoms in total. The van der Waals surface area contributed by atoms with Crippen LogP contribution in [0, 0.1) is 0 Å². The van der Waals surface area contributed by atoms with Crippen molar-refractivity contribution in [2.75, 3.05) is 0 Å². The number of hydrogen-bond donors (Lipinski definition) is 1. The van der Waals surface area contributed by atoms with E-state index >= 15 is 0 Å². The number of benzene rings is 1. The van der Waals surface area contributed by atoms with Gasteiger partial charge in [-0.1, -0.05) is 18.2 Å². The third-order valence-electron chi connectivity index (χ3n) is 1.96. The summed E-state index contributed by atoms with van der Waals surface area (Å²) in [5.74, 6) is 1.79. The lowest BCUT2D eigenvalue weighted by Gasteiger charge is -2.07. The minimum absolute atomic E-state index is 0.402. The summed E-state index contributed by atoms with van der Waals surface area (Å²) in [5.41, 5.74) is 6.01. The second kappa shape index (κ2) is 2.98. The van der Waals surface area contributed by atoms with Gasteiger partial charge in [-0.3, -0.25) is 4.99 Å². The predicted octanol–water partition coefficient (Wildman–Crippen LogP) is -0.857. The van der Waals surface area contributed by atoms with E-state index in [1.54, 1.807) is 12.0 Å². The van der Waals surface area contributed by atoms with Gasteiger partial charge in [0, 0.05) is 5.22 Å². The highest BCUT2D eigenvalue weighted by Gasteiger charge is 2.09. The molecule has 1 aliphatic rings. The highest BCUT2D eigenvalue weighted by molar-refractivity contribution is 5.70. The van der Waals surface area contributed by atoms with E-state index in [0.717, 1.165) is 10.6 Å². The Balaban J connectivity index is 2.80. The summed E-state index contributed by atoms with van der Waals surface area (Å²) in [7, 11) is 0. The first kappa shape index (κ1) is 7.92. The van der Waals surface area contributed by atoms with Crippen LogP contribution in [0.1, 0.15) is 0 Å². The van der Waals surface area contributed by atoms with Gasteiger partial charge in [0.05, 0.1) is 10.9 Å². The minimum atomic E-state index is -0.563. The van der Waals surface area contributed by atoms with Gasteiger partial charge in [-0.25, -0.2) is 4.79 Å². The van der Waals surface area contributed by atoms with Crippen LogP contribution < -0.4 is 16.3 Å². The fourth-order valence-corrected chi connectivity index (χ4v) is 1.29. The second-order valence-electron chi connectivity index (χ2n) is 2.83. The van der Waals surface area contributed by atoms with E-state index in [9.17, 15) is 4.79 Å². The average Bonchev–Trinajstić information content (AvgIpc) is 2.17. The van der Waals surface area contributed by atoms with Crippen LogP contribution in [0.3, 0.4) is 0 Å². The molecule has 1 unspecified atom stereocenters. The molecular weight excluding hydrogens is 164 g/mol. The molecule has 0 saturated carbocycles. The van der Waals surface area contributed by atoms with Gasteiger partial charge in [0.2, 0.25) is 0 Å². The number of nitrogens with zero attached hydrogens (tertiary/aromatic N) is 1. The Bertz CT molecular complexity index is 498. The van der Waals surface area contributed by atoms with Crippen LogP contribution in [-0.2, 0) is 4.79 Å². The quantitative estimate of drug-likeness (QED) is 0.518. The minimum Gasteiger partial charge on any atom is -0.305 e. The third kappa shape index (κ3) is 1.31. The molecule has 0 saturated heterocycles. The first-order chi connectivity index (χ1) is 6.31. The summed E-state index contributed by atoms with van der Waals surface area (Å²) < 4.78 is 0. The molecule has 13 heavy (non-hydrogen) atoms. The molecule has 1 aromatic carbocycles. The lowest BCUT2D eigenvalue weighted by molar-refractivity contribution is 0.565. The molecule has 0 aliphatic carbocycles. The van der Waals surface area contributed by atoms with Crippen LogP contribution in [0.15, 0.2) is 34.8 Å². The molecule has 1 atom stereocenters. The van der Waals surface area contributed by atoms with Crippen LogP contribution in [-0.4, -0.2) is 12.1 Å². The third-order valence-corrected chi connectivity index (χ3v) is 1.96. The van der Waals surface area contributed by atoms with Gasteiger partial charge >= 0.3 is 0 Å². The summed E-state index contributed by atoms with van der Waals surface area (Å²) in [4.78, 5) is 14.6. The zero-order chi connectivity index (χ0) is 9.26. The summed E-state index contributed by atoms with van der Waals surface area (Å²) in [6, 6.07) is 7.54. The Hall–Kier alpha value is -1.70. The fraction of sp³-hybridized carbons (Fsp3) is 0.100. The molecule has 1 aromatic rings. The highest BCUT2D eigenvalue weighted by atomic mass is 16.1. The van der Waals surface area contributed by atoms with Crippen LogP contribution in [0.2, 0.25) is 0 Å². The van der Waals surface area contributed by atoms with Gasteiger partial charge in [-0.2, -0.15) is 0 Å². The molecule has 0 amide bonds. The molecule has 0 radical (unpaired) electrons. The van der Waals surface area contributed by atoms with Crippen molar-refractivity contribution in [3.05, 3.63) is 40.4 Å². The number of hydrogen-bond acceptors (Lipinski definition) is 3. The largest absolute Gasteiger partial charge is 0.305 e. The van der Waals surface area contributed by atoms with Gasteiger partial charge in [-0.15, -0.1) is 0 Å². The number of fused-ring (bicyclic) bond motifs is 1. The molecule has 1 heterocycles. The van der Waals surface area contributed by atoms with Gasteiger partial charge < -0.3 is 5.73 Å². The molecule has 0 aromatic heterocycles. The van der Waals surface area contributed by atoms with Crippen molar-refractivity contribution < 1.29 is 4.79 Å². The van der Waals surface area contributed by atoms with Crippen LogP contribution in [0.4, 0.5) is 0 Å². The van der Waals surface area contributed by atoms with E-state index in [1.807, 2.05) is 24.3 Å². The summed E-state index contributed by atoms with van der Waals surface area (Å²) in [6.45, 7) is 0. The predicted molar refractivity (Wildman–Crippen MR) is 48.9 cm³/mol. The van der Waals surface area contributed by atoms with Crippen LogP contribution in [0.5, 0.6) is 0 Å². The molecule has 0 spiro atoms. The molecule has 1 aliphatic heterocycles. The topological polar surface area (TPSA) is 55.4 Å². The first-order valence-corrected chi connectivity index (χ1v) is 3.96. The zero-order valence-corrected chi connectivity index (χ0v) is 6.90. The van der Waals surface area contributed by atoms with Crippen molar-refractivity contribution in [2.24, 2.45) is 10.7 Å². The zero-order valence-electron chi connectivity index (χ0n) is 6.90. The maximum atomic E-state index is 10.4. The van der Waals surface area contributed by atoms with Gasteiger partial charge in [0.1, 0.15) is 12.1 Å². The van der Waals surface area contributed by atoms with E-state index in [2.05, 4.69) is 4.99 Å². The maximum Gasteiger partial charge on any atom is 0.134 e. The molecule has 0 bridgehead atoms. The number of para-hydroxylation sites is 1. The fourth-order valence-electron chi connectivity index (χ4n) is 1.29. The maximum absolute atomic E-state index is 10.4. The smallest absolute Gasteiger partial charge is 0.134 e. The van der Waals surface area contributed by atoms with Crippen molar-refractivity contribution in [1.29, 1.82) is 0 Å². The summed E-state index contributed by atoms with van der Waals surface area (Å²) in [6.07, 6.45) is 1.16. The lowest BCUT2D eigenvalue weighted by atomic mass is 10.1. The Morgan fingerprint density at radius 2 is 2.15 bits per heavy atom. The Kier molecular flexibility index (Phi) is 1.81. The van der Waals surface area contributed by atoms with E-state index in [4.69, 9.17) is 5.73 Å². The summed E-state index contributed by atoms with van der Waals surface area (Å²) >= 11 is 0. The second-order valence-corrected chi connectivity index (χ2v) is 2.83. The molecule has 3 heteroatoms. The number of carbonyl (C=O) groups excluding carboxylic acids is 1. The molecular formula is C10H8N2O. The van der Waals surface area contributed by atoms with E-state index in [0.29, 0.717) is 5.57 Å². The van der Waals surface area contributed by atoms with Crippen molar-refractivity contribution in [1.82, 2.24) is 0 Å². The van der Waals surface area contributed by atoms with Gasteiger partial charge in [-0.05, 0) is 12.1 Å². The molecule has 2 N–H and O–H groups in total. The van der Waals surface area contributed by atoms with E-state index in [1.165, 1.54) is 0 Å². The van der Waals surface area contributed by atoms with E-state index in [-0.39, 0.29) is 0 Å². The Morgan fingerprint density at radius 1 is 1.38 bits per heavy atom. The van der Waals surface area contributed by atoms with Gasteiger partial charge in [0.15, 0.2) is 0 Å². The number of rotatable bonds is 0. The number of nitrogens with two attached hydrogens (primary N) is 1. The Labute approximate surface area is 74.9 Å². The first-order valence-electron chi connectivity index (χ1n) is 3.96. The van der Waals surface area contributed by atoms with Crippen molar-refractivity contribution in [3.8, 4) is 0 Å². The Morgan fingerprint density at radius 3 is 2.92 bits per heavy atom. The SMILES string of the molecule is NC1N=c2ccccc2=CC1=C=O. The molecule has 64 valence electrons. The highest BCUT2D eigenvalue weighted by Crippen LogP contribution is 1.99. The molecule has 2 rings (SSSR count). The summed E-state index contributed by atoms with van der Waals surface area (Å²) in [5, 5.41) is 1.75. The van der Waals surface area contributed by atoms with E-state index < -0.39 is 6.17 Å². The molecule has 0 fully saturated rings. The normalized spacial score (nSPS) is 19.5. The van der Waals surface area contributed by atoms with Crippen molar-refractivity contribution in [2.45, 2.75) is 6.17 Å². The van der Waals surface area contributed by atoms with Crippen molar-refractivity contribution in [3.63, 3.8) is 0 Å². The van der Waals surface area contributed by atoms with Crippen LogP contribution >= 0.6 is 0 Å². The standard InChI is InChI=1S/C10H8N2O/c11-10-8(6-13)5-7-3-1-2-4-9(7)12-10/h1-5,10H,11H2. The van der Waals surface area contributed by atoms with Crippen LogP contribution in [0.25, 0.3) is 6.08 Å². The lowest BCUT2D eigenvalue weighted by Crippen LogP contribution is -2.35.